The Hall–Kier alpha value is -3.68. The fourth-order valence-electron chi connectivity index (χ4n) is 2.85. The van der Waals surface area contributed by atoms with Crippen molar-refractivity contribution in [3.8, 4) is 0 Å². The van der Waals surface area contributed by atoms with Gasteiger partial charge in [-0.05, 0) is 30.3 Å². The molecule has 0 saturated heterocycles. The number of benzene rings is 2. The molecule has 0 aliphatic carbocycles. The van der Waals surface area contributed by atoms with E-state index >= 15 is 0 Å². The van der Waals surface area contributed by atoms with Crippen LogP contribution in [0, 0.1) is 10.1 Å². The highest BCUT2D eigenvalue weighted by molar-refractivity contribution is 5.97. The van der Waals surface area contributed by atoms with E-state index in [2.05, 4.69) is 5.32 Å². The van der Waals surface area contributed by atoms with E-state index < -0.39 is 4.92 Å². The van der Waals surface area contributed by atoms with Crippen molar-refractivity contribution in [3.63, 3.8) is 0 Å². The molecule has 8 nitrogen and oxygen atoms in total. The highest BCUT2D eigenvalue weighted by Gasteiger charge is 2.15. The number of hydrogen-bond donors (Lipinski definition) is 1. The Balaban J connectivity index is 1.78. The van der Waals surface area contributed by atoms with Crippen molar-refractivity contribution in [2.24, 2.45) is 0 Å². The zero-order chi connectivity index (χ0) is 19.6. The number of hydrogen-bond acceptors (Lipinski definition) is 4. The van der Waals surface area contributed by atoms with Gasteiger partial charge in [-0.25, -0.2) is 0 Å². The first kappa shape index (κ1) is 18.1. The molecule has 2 aromatic carbocycles. The first-order valence-corrected chi connectivity index (χ1v) is 8.20. The van der Waals surface area contributed by atoms with Crippen LogP contribution < -0.4 is 5.32 Å². The number of aromatic nitrogens is 1. The number of carbonyl (C=O) groups is 2. The van der Waals surface area contributed by atoms with Gasteiger partial charge in [0.2, 0.25) is 5.91 Å². The topological polar surface area (TPSA) is 97.5 Å². The van der Waals surface area contributed by atoms with Crippen LogP contribution in [0.4, 0.5) is 11.4 Å². The SMILES string of the molecule is CN(C)C(=O)c1cccc(NC(=O)Cn2ccc3c([N+](=O)[O-])cccc32)c1. The minimum atomic E-state index is -0.444. The molecule has 8 heteroatoms. The van der Waals surface area contributed by atoms with Gasteiger partial charge in [0.05, 0.1) is 15.8 Å². The molecule has 3 rings (SSSR count). The monoisotopic (exact) mass is 366 g/mol. The predicted octanol–water partition coefficient (Wildman–Crippen LogP) is 2.89. The van der Waals surface area contributed by atoms with E-state index in [4.69, 9.17) is 0 Å². The smallest absolute Gasteiger partial charge is 0.278 e. The maximum Gasteiger partial charge on any atom is 0.278 e. The highest BCUT2D eigenvalue weighted by atomic mass is 16.6. The summed E-state index contributed by atoms with van der Waals surface area (Å²) >= 11 is 0. The molecule has 0 unspecified atom stereocenters. The van der Waals surface area contributed by atoms with Crippen molar-refractivity contribution in [2.45, 2.75) is 6.54 Å². The Morgan fingerprint density at radius 1 is 1.15 bits per heavy atom. The van der Waals surface area contributed by atoms with E-state index in [1.807, 2.05) is 0 Å². The molecule has 0 aliphatic rings. The average molecular weight is 366 g/mol. The molecule has 1 N–H and O–H groups in total. The van der Waals surface area contributed by atoms with Gasteiger partial charge in [-0.3, -0.25) is 19.7 Å². The summed E-state index contributed by atoms with van der Waals surface area (Å²) in [4.78, 5) is 36.5. The zero-order valence-corrected chi connectivity index (χ0v) is 14.9. The van der Waals surface area contributed by atoms with Gasteiger partial charge in [-0.15, -0.1) is 0 Å². The predicted molar refractivity (Wildman–Crippen MR) is 102 cm³/mol. The van der Waals surface area contributed by atoms with Crippen molar-refractivity contribution < 1.29 is 14.5 Å². The Morgan fingerprint density at radius 2 is 1.89 bits per heavy atom. The third-order valence-corrected chi connectivity index (χ3v) is 4.10. The lowest BCUT2D eigenvalue weighted by atomic mass is 10.2. The van der Waals surface area contributed by atoms with Crippen LogP contribution in [0.1, 0.15) is 10.4 Å². The Morgan fingerprint density at radius 3 is 2.59 bits per heavy atom. The van der Waals surface area contributed by atoms with Gasteiger partial charge in [0.15, 0.2) is 0 Å². The molecule has 0 saturated carbocycles. The maximum atomic E-state index is 12.4. The number of nitro benzene ring substituents is 1. The van der Waals surface area contributed by atoms with Gasteiger partial charge in [-0.1, -0.05) is 12.1 Å². The van der Waals surface area contributed by atoms with Crippen molar-refractivity contribution in [2.75, 3.05) is 19.4 Å². The van der Waals surface area contributed by atoms with Crippen LogP contribution in [0.15, 0.2) is 54.7 Å². The molecule has 1 heterocycles. The van der Waals surface area contributed by atoms with Crippen molar-refractivity contribution in [1.29, 1.82) is 0 Å². The van der Waals surface area contributed by atoms with Crippen LogP contribution in [0.2, 0.25) is 0 Å². The molecule has 0 atom stereocenters. The van der Waals surface area contributed by atoms with Gasteiger partial charge in [0, 0.05) is 37.6 Å². The Labute approximate surface area is 155 Å². The Kier molecular flexibility index (Phi) is 4.89. The second-order valence-corrected chi connectivity index (χ2v) is 6.24. The van der Waals surface area contributed by atoms with Crippen LogP contribution >= 0.6 is 0 Å². The molecule has 0 aliphatic heterocycles. The number of nitrogens with one attached hydrogen (secondary N) is 1. The van der Waals surface area contributed by atoms with Gasteiger partial charge >= 0.3 is 0 Å². The third kappa shape index (κ3) is 3.79. The van der Waals surface area contributed by atoms with Crippen LogP contribution in [0.3, 0.4) is 0 Å². The number of anilines is 1. The van der Waals surface area contributed by atoms with Crippen molar-refractivity contribution in [1.82, 2.24) is 9.47 Å². The lowest BCUT2D eigenvalue weighted by Gasteiger charge is -2.12. The summed E-state index contributed by atoms with van der Waals surface area (Å²) < 4.78 is 1.65. The van der Waals surface area contributed by atoms with Gasteiger partial charge in [-0.2, -0.15) is 0 Å². The number of rotatable bonds is 5. The van der Waals surface area contributed by atoms with E-state index in [1.54, 1.807) is 67.3 Å². The largest absolute Gasteiger partial charge is 0.345 e. The molecule has 0 fully saturated rings. The molecule has 27 heavy (non-hydrogen) atoms. The first-order valence-electron chi connectivity index (χ1n) is 8.20. The zero-order valence-electron chi connectivity index (χ0n) is 14.9. The van der Waals surface area contributed by atoms with E-state index in [0.717, 1.165) is 0 Å². The standard InChI is InChI=1S/C19H18N4O4/c1-21(2)19(25)13-5-3-6-14(11-13)20-18(24)12-22-10-9-15-16(22)7-4-8-17(15)23(26)27/h3-11H,12H2,1-2H3,(H,20,24). The molecule has 0 radical (unpaired) electrons. The van der Waals surface area contributed by atoms with Gasteiger partial charge < -0.3 is 14.8 Å². The summed E-state index contributed by atoms with van der Waals surface area (Å²) in [5.74, 6) is -0.455. The summed E-state index contributed by atoms with van der Waals surface area (Å²) in [5.41, 5.74) is 1.59. The first-order chi connectivity index (χ1) is 12.9. The average Bonchev–Trinajstić information content (AvgIpc) is 3.03. The van der Waals surface area contributed by atoms with E-state index in [9.17, 15) is 19.7 Å². The van der Waals surface area contributed by atoms with Crippen LogP contribution in [-0.2, 0) is 11.3 Å². The normalized spacial score (nSPS) is 10.6. The quantitative estimate of drug-likeness (QED) is 0.554. The summed E-state index contributed by atoms with van der Waals surface area (Å²) in [6.45, 7) is -0.00345. The molecule has 3 aromatic rings. The van der Waals surface area contributed by atoms with Crippen molar-refractivity contribution in [3.05, 3.63) is 70.4 Å². The molecule has 1 aromatic heterocycles. The van der Waals surface area contributed by atoms with E-state index in [1.165, 1.54) is 11.0 Å². The minimum absolute atomic E-state index is 0.00144. The second-order valence-electron chi connectivity index (χ2n) is 6.24. The molecule has 0 bridgehead atoms. The van der Waals surface area contributed by atoms with Crippen LogP contribution in [0.5, 0.6) is 0 Å². The van der Waals surface area contributed by atoms with Crippen LogP contribution in [0.25, 0.3) is 10.9 Å². The summed E-state index contributed by atoms with van der Waals surface area (Å²) in [5, 5.41) is 14.3. The maximum absolute atomic E-state index is 12.4. The molecule has 0 spiro atoms. The lowest BCUT2D eigenvalue weighted by Crippen LogP contribution is -2.22. The number of amides is 2. The summed E-state index contributed by atoms with van der Waals surface area (Å²) in [6.07, 6.45) is 1.64. The Bertz CT molecular complexity index is 1040. The van der Waals surface area contributed by atoms with E-state index in [-0.39, 0.29) is 24.0 Å². The number of carbonyl (C=O) groups excluding carboxylic acids is 2. The third-order valence-electron chi connectivity index (χ3n) is 4.10. The van der Waals surface area contributed by atoms with Gasteiger partial charge in [0.1, 0.15) is 6.54 Å². The summed E-state index contributed by atoms with van der Waals surface area (Å²) in [7, 11) is 3.31. The summed E-state index contributed by atoms with van der Waals surface area (Å²) in [6, 6.07) is 13.0. The highest BCUT2D eigenvalue weighted by Crippen LogP contribution is 2.26. The van der Waals surface area contributed by atoms with Crippen LogP contribution in [-0.4, -0.2) is 40.3 Å². The second kappa shape index (κ2) is 7.28. The fourth-order valence-corrected chi connectivity index (χ4v) is 2.85. The van der Waals surface area contributed by atoms with Gasteiger partial charge in [0.25, 0.3) is 11.6 Å². The number of non-ortho nitro benzene ring substituents is 1. The lowest BCUT2D eigenvalue weighted by molar-refractivity contribution is -0.383. The number of nitro groups is 1. The molecule has 138 valence electrons. The van der Waals surface area contributed by atoms with Crippen molar-refractivity contribution >= 4 is 34.1 Å². The number of fused-ring (bicyclic) bond motifs is 1. The number of nitrogens with zero attached hydrogens (tertiary/aromatic N) is 3. The van der Waals surface area contributed by atoms with E-state index in [0.29, 0.717) is 22.2 Å². The minimum Gasteiger partial charge on any atom is -0.345 e. The fraction of sp³-hybridized carbons (Fsp3) is 0.158. The molecular formula is C19H18N4O4. The molecule has 2 amide bonds. The molecular weight excluding hydrogens is 348 g/mol.